The average Bonchev–Trinajstić information content (AvgIpc) is 4.10. The van der Waals surface area contributed by atoms with Crippen molar-refractivity contribution in [2.24, 2.45) is 11.8 Å². The topological polar surface area (TPSA) is 311 Å². The van der Waals surface area contributed by atoms with Crippen LogP contribution in [0.2, 0.25) is 0 Å². The van der Waals surface area contributed by atoms with Crippen molar-refractivity contribution < 1.29 is 47.8 Å². The van der Waals surface area contributed by atoms with Crippen LogP contribution in [0, 0.1) is 11.8 Å². The molecule has 25 heteroatoms. The lowest BCUT2D eigenvalue weighted by atomic mass is 10.1. The van der Waals surface area contributed by atoms with Gasteiger partial charge in [0.2, 0.25) is 23.7 Å². The highest BCUT2D eigenvalue weighted by Gasteiger charge is 2.37. The number of imidazole rings is 2. The third kappa shape index (κ3) is 16.7. The molecule has 2 saturated heterocycles. The fraction of sp³-hybridized carbons (Fsp3) is 0.581. The molecule has 2 aliphatic rings. The Morgan fingerprint density at radius 1 is 0.765 bits per heavy atom. The zero-order valence-electron chi connectivity index (χ0n) is 39.2. The summed E-state index contributed by atoms with van der Waals surface area (Å²) in [5.41, 5.74) is -0.131. The van der Waals surface area contributed by atoms with Gasteiger partial charge in [-0.3, -0.25) is 48.9 Å². The van der Waals surface area contributed by atoms with E-state index in [0.717, 1.165) is 12.8 Å². The lowest BCUT2D eigenvalue weighted by Crippen LogP contribution is -2.23. The smallest absolute Gasteiger partial charge is 0.395 e. The summed E-state index contributed by atoms with van der Waals surface area (Å²) in [6.45, 7) is 21.0. The van der Waals surface area contributed by atoms with E-state index in [4.69, 9.17) is 18.9 Å². The van der Waals surface area contributed by atoms with Gasteiger partial charge in [0.15, 0.2) is 34.8 Å². The van der Waals surface area contributed by atoms with Crippen molar-refractivity contribution >= 4 is 63.4 Å². The standard InChI is InChI=1S/2C15H21N5O4.C6H15N.C6H5O2P.CH4.HO2P/c2*1-4-8-5-9(21)14(24-8)20-6-16-10-11(20)17-15(19-13(10)23)18-12(22)7(2)3;1-4-7(5-2)6-3;7-9-8-6-4-2-1-3-5-6;;1-3-2/h2*6-9,14,21H,4-5H2,1-3H3,(H2,17,18,19,22,23);4-6H2,1-3H3;1-5H;1H4;(H,1,2)/t2*8-,9+,14-;;;;/m11..../s1. The number of H-pyrrole nitrogens is 2. The second kappa shape index (κ2) is 29.5. The maximum absolute atomic E-state index is 12.2. The normalized spacial score (nSPS) is 19.5. The molecule has 68 heavy (non-hydrogen) atoms. The van der Waals surface area contributed by atoms with E-state index >= 15 is 0 Å². The van der Waals surface area contributed by atoms with Crippen LogP contribution in [0.15, 0.2) is 52.6 Å². The molecule has 0 radical (unpaired) electrons. The number of ether oxygens (including phenoxy) is 2. The minimum atomic E-state index is -0.833. The van der Waals surface area contributed by atoms with Gasteiger partial charge in [0.1, 0.15) is 18.0 Å². The highest BCUT2D eigenvalue weighted by molar-refractivity contribution is 7.17. The third-order valence-corrected chi connectivity index (χ3v) is 10.7. The fourth-order valence-electron chi connectivity index (χ4n) is 6.55. The summed E-state index contributed by atoms with van der Waals surface area (Å²) in [6.07, 6.45) is 2.62. The number of nitrogens with one attached hydrogen (secondary N) is 4. The first-order chi connectivity index (χ1) is 32.0. The Hall–Kier alpha value is -5.38. The summed E-state index contributed by atoms with van der Waals surface area (Å²) in [7, 11) is -1.14. The predicted molar refractivity (Wildman–Crippen MR) is 258 cm³/mol. The van der Waals surface area contributed by atoms with E-state index in [1.165, 1.54) is 41.4 Å². The number of nitrogens with zero attached hydrogens (tertiary/aromatic N) is 7. The van der Waals surface area contributed by atoms with Crippen LogP contribution < -0.4 is 26.3 Å². The molecular formula is C43H67N11O12P2. The second-order valence-electron chi connectivity index (χ2n) is 15.7. The van der Waals surface area contributed by atoms with Crippen LogP contribution in [0.3, 0.4) is 0 Å². The summed E-state index contributed by atoms with van der Waals surface area (Å²) in [5.74, 6) is -0.296. The van der Waals surface area contributed by atoms with E-state index in [1.807, 2.05) is 32.0 Å². The lowest BCUT2D eigenvalue weighted by molar-refractivity contribution is -0.119. The van der Waals surface area contributed by atoms with Crippen LogP contribution in [0.5, 0.6) is 5.75 Å². The van der Waals surface area contributed by atoms with E-state index in [1.54, 1.807) is 39.8 Å². The van der Waals surface area contributed by atoms with Crippen molar-refractivity contribution in [3.05, 3.63) is 63.7 Å². The fourth-order valence-corrected chi connectivity index (χ4v) is 6.75. The SMILES string of the molecule is C.CCN(CC)CC.CC[C@@H]1C[C@H](O)[C@H](n2cnc3c(=O)[nH]c(NC(=O)C(C)C)nc32)O1.CC[C@@H]1C[C@H](O)[C@H](n2cnc3c(=O)[nH]c(NC(=O)C(C)C)nc32)O1.O=PO.O=POc1ccccc1. The van der Waals surface area contributed by atoms with Crippen LogP contribution in [-0.2, 0) is 28.2 Å². The summed E-state index contributed by atoms with van der Waals surface area (Å²) < 4.78 is 37.6. The Labute approximate surface area is 398 Å². The number of aromatic nitrogens is 8. The predicted octanol–water partition coefficient (Wildman–Crippen LogP) is 5.99. The zero-order chi connectivity index (χ0) is 49.8. The van der Waals surface area contributed by atoms with E-state index in [0.29, 0.717) is 18.6 Å². The highest BCUT2D eigenvalue weighted by Crippen LogP contribution is 2.33. The number of aromatic amines is 2. The Morgan fingerprint density at radius 2 is 1.15 bits per heavy atom. The van der Waals surface area contributed by atoms with Crippen LogP contribution in [-0.4, -0.2) is 115 Å². The number of para-hydroxylation sites is 1. The Morgan fingerprint density at radius 3 is 1.44 bits per heavy atom. The molecule has 0 saturated carbocycles. The number of anilines is 2. The maximum Gasteiger partial charge on any atom is 0.395 e. The number of aliphatic hydroxyl groups excluding tert-OH is 2. The van der Waals surface area contributed by atoms with E-state index in [-0.39, 0.29) is 86.2 Å². The van der Waals surface area contributed by atoms with Gasteiger partial charge < -0.3 is 34.0 Å². The molecule has 2 fully saturated rings. The molecule has 0 unspecified atom stereocenters. The van der Waals surface area contributed by atoms with Crippen molar-refractivity contribution in [1.29, 1.82) is 0 Å². The van der Waals surface area contributed by atoms with Crippen molar-refractivity contribution in [2.75, 3.05) is 30.3 Å². The van der Waals surface area contributed by atoms with E-state index in [2.05, 4.69) is 70.7 Å². The van der Waals surface area contributed by atoms with E-state index in [9.17, 15) is 34.0 Å². The van der Waals surface area contributed by atoms with Gasteiger partial charge in [0, 0.05) is 24.7 Å². The molecule has 6 atom stereocenters. The first-order valence-corrected chi connectivity index (χ1v) is 23.5. The molecule has 0 aliphatic carbocycles. The molecule has 23 nitrogen and oxygen atoms in total. The van der Waals surface area contributed by atoms with Gasteiger partial charge in [0.05, 0.1) is 24.9 Å². The first-order valence-electron chi connectivity index (χ1n) is 22.0. The zero-order valence-corrected chi connectivity index (χ0v) is 40.9. The Bertz CT molecular complexity index is 2300. The summed E-state index contributed by atoms with van der Waals surface area (Å²) >= 11 is 0. The largest absolute Gasteiger partial charge is 0.408 e. The van der Waals surface area contributed by atoms with Gasteiger partial charge >= 0.3 is 17.4 Å². The molecule has 0 bridgehead atoms. The number of amides is 2. The minimum Gasteiger partial charge on any atom is -0.408 e. The molecule has 5 aromatic rings. The number of rotatable bonds is 13. The molecule has 1 aromatic carbocycles. The molecule has 2 amide bonds. The number of benzene rings is 1. The van der Waals surface area contributed by atoms with Crippen LogP contribution in [0.4, 0.5) is 11.9 Å². The molecule has 0 spiro atoms. The monoisotopic (exact) mass is 991 g/mol. The minimum absolute atomic E-state index is 0. The molecule has 7 N–H and O–H groups in total. The van der Waals surface area contributed by atoms with Crippen molar-refractivity contribution in [3.63, 3.8) is 0 Å². The molecule has 7 rings (SSSR count). The molecule has 6 heterocycles. The molecule has 2 aliphatic heterocycles. The number of hydrogen-bond donors (Lipinski definition) is 7. The van der Waals surface area contributed by atoms with Crippen LogP contribution >= 0.6 is 17.4 Å². The maximum atomic E-state index is 12.2. The quantitative estimate of drug-likeness (QED) is 0.0667. The highest BCUT2D eigenvalue weighted by atomic mass is 31.1. The van der Waals surface area contributed by atoms with E-state index < -0.39 is 44.5 Å². The van der Waals surface area contributed by atoms with Crippen molar-refractivity contribution in [3.8, 4) is 5.75 Å². The van der Waals surface area contributed by atoms with Crippen molar-refractivity contribution in [2.45, 2.75) is 132 Å². The van der Waals surface area contributed by atoms with Gasteiger partial charge in [-0.2, -0.15) is 9.97 Å². The van der Waals surface area contributed by atoms with Crippen LogP contribution in [0.1, 0.15) is 108 Å². The Kier molecular flexibility index (Phi) is 25.5. The average molecular weight is 992 g/mol. The lowest BCUT2D eigenvalue weighted by Gasteiger charge is -2.16. The number of carbonyl (C=O) groups is 2. The van der Waals surface area contributed by atoms with Crippen molar-refractivity contribution in [1.82, 2.24) is 43.9 Å². The van der Waals surface area contributed by atoms with Crippen LogP contribution in [0.25, 0.3) is 22.3 Å². The van der Waals surface area contributed by atoms with Gasteiger partial charge in [-0.1, -0.05) is 87.9 Å². The molecule has 4 aromatic heterocycles. The summed E-state index contributed by atoms with van der Waals surface area (Å²) in [4.78, 5) is 78.9. The van der Waals surface area contributed by atoms with Gasteiger partial charge in [0.25, 0.3) is 11.1 Å². The molecule has 376 valence electrons. The number of carbonyl (C=O) groups excluding carboxylic acids is 2. The third-order valence-electron chi connectivity index (χ3n) is 10.4. The van der Waals surface area contributed by atoms with Gasteiger partial charge in [-0.05, 0) is 44.6 Å². The van der Waals surface area contributed by atoms with Gasteiger partial charge in [-0.15, -0.1) is 0 Å². The Balaban J connectivity index is 0.000000337. The summed E-state index contributed by atoms with van der Waals surface area (Å²) in [5, 5.41) is 25.6. The first kappa shape index (κ1) is 58.7. The summed E-state index contributed by atoms with van der Waals surface area (Å²) in [6, 6.07) is 8.99. The second-order valence-corrected chi connectivity index (χ2v) is 16.2. The van der Waals surface area contributed by atoms with Gasteiger partial charge in [-0.25, -0.2) is 19.1 Å². The molecular weight excluding hydrogens is 924 g/mol. The number of aliphatic hydroxyl groups is 2. The number of hydrogen-bond acceptors (Lipinski definition) is 16. The number of fused-ring (bicyclic) bond motifs is 2.